The van der Waals surface area contributed by atoms with Crippen molar-refractivity contribution in [2.24, 2.45) is 5.92 Å². The van der Waals surface area contributed by atoms with Crippen LogP contribution in [-0.2, 0) is 0 Å². The molecule has 29 heavy (non-hydrogen) atoms. The van der Waals surface area contributed by atoms with Crippen molar-refractivity contribution in [3.63, 3.8) is 0 Å². The summed E-state index contributed by atoms with van der Waals surface area (Å²) in [4.78, 5) is 12.3. The first-order valence-electron chi connectivity index (χ1n) is 10.1. The molecule has 0 aliphatic heterocycles. The molecule has 2 aromatic rings. The van der Waals surface area contributed by atoms with Crippen LogP contribution in [0.4, 0.5) is 11.6 Å². The Morgan fingerprint density at radius 1 is 1.34 bits per heavy atom. The second-order valence-corrected chi connectivity index (χ2v) is 8.37. The number of aromatic nitrogens is 4. The van der Waals surface area contributed by atoms with E-state index in [0.717, 1.165) is 37.1 Å². The molecule has 0 radical (unpaired) electrons. The van der Waals surface area contributed by atoms with Crippen LogP contribution in [0.2, 0.25) is 5.02 Å². The molecule has 4 rings (SSSR count). The molecule has 8 nitrogen and oxygen atoms in total. The summed E-state index contributed by atoms with van der Waals surface area (Å²) in [5, 5.41) is 11.5. The number of ether oxygens (including phenoxy) is 1. The van der Waals surface area contributed by atoms with Gasteiger partial charge in [0.15, 0.2) is 0 Å². The Labute approximate surface area is 175 Å². The molecular formula is C20H26ClN7O. The summed E-state index contributed by atoms with van der Waals surface area (Å²) >= 11 is 6.24. The number of halogens is 1. The van der Waals surface area contributed by atoms with E-state index >= 15 is 0 Å². The molecule has 0 saturated heterocycles. The quantitative estimate of drug-likeness (QED) is 0.670. The van der Waals surface area contributed by atoms with E-state index in [0.29, 0.717) is 41.5 Å². The molecule has 0 unspecified atom stereocenters. The van der Waals surface area contributed by atoms with E-state index < -0.39 is 0 Å². The monoisotopic (exact) mass is 415 g/mol. The topological polar surface area (TPSA) is 81.2 Å². The second-order valence-electron chi connectivity index (χ2n) is 7.96. The Bertz CT molecular complexity index is 903. The van der Waals surface area contributed by atoms with Crippen molar-refractivity contribution in [1.29, 1.82) is 0 Å². The van der Waals surface area contributed by atoms with Crippen molar-refractivity contribution >= 4 is 23.2 Å². The number of hydrogen-bond donors (Lipinski definition) is 2. The summed E-state index contributed by atoms with van der Waals surface area (Å²) < 4.78 is 7.85. The van der Waals surface area contributed by atoms with Gasteiger partial charge in [-0.25, -0.2) is 11.6 Å². The molecule has 0 aromatic carbocycles. The first-order chi connectivity index (χ1) is 14.1. The number of hydrogen-bond acceptors (Lipinski definition) is 6. The van der Waals surface area contributed by atoms with Gasteiger partial charge in [0.25, 0.3) is 0 Å². The van der Waals surface area contributed by atoms with Gasteiger partial charge in [-0.15, -0.1) is 0 Å². The molecule has 154 valence electrons. The van der Waals surface area contributed by atoms with Gasteiger partial charge in [0.1, 0.15) is 5.02 Å². The lowest BCUT2D eigenvalue weighted by atomic mass is 9.88. The lowest BCUT2D eigenvalue weighted by Gasteiger charge is -2.26. The average Bonchev–Trinajstić information content (AvgIpc) is 3.28. The summed E-state index contributed by atoms with van der Waals surface area (Å²) in [5.74, 6) is 1.34. The predicted molar refractivity (Wildman–Crippen MR) is 112 cm³/mol. The van der Waals surface area contributed by atoms with Gasteiger partial charge in [0.05, 0.1) is 30.2 Å². The summed E-state index contributed by atoms with van der Waals surface area (Å²) in [6, 6.07) is 0.992. The fourth-order valence-corrected chi connectivity index (χ4v) is 4.14. The van der Waals surface area contributed by atoms with Crippen LogP contribution >= 0.6 is 11.6 Å². The first-order valence-corrected chi connectivity index (χ1v) is 10.5. The Morgan fingerprint density at radius 2 is 2.17 bits per heavy atom. The Balaban J connectivity index is 1.39. The van der Waals surface area contributed by atoms with Gasteiger partial charge >= 0.3 is 0 Å². The van der Waals surface area contributed by atoms with Crippen molar-refractivity contribution in [3.05, 3.63) is 34.5 Å². The predicted octanol–water partition coefficient (Wildman–Crippen LogP) is 3.77. The molecule has 2 heterocycles. The number of nitrogens with zero attached hydrogens (tertiary/aromatic N) is 5. The number of nitrogens with one attached hydrogen (secondary N) is 2. The molecule has 2 saturated carbocycles. The lowest BCUT2D eigenvalue weighted by molar-refractivity contribution is 0.241. The van der Waals surface area contributed by atoms with Crippen molar-refractivity contribution in [2.75, 3.05) is 19.0 Å². The van der Waals surface area contributed by atoms with Crippen molar-refractivity contribution < 1.29 is 4.74 Å². The van der Waals surface area contributed by atoms with E-state index in [1.807, 2.05) is 24.9 Å². The van der Waals surface area contributed by atoms with Crippen molar-refractivity contribution in [2.45, 2.75) is 57.2 Å². The van der Waals surface area contributed by atoms with Crippen LogP contribution in [0.25, 0.3) is 4.85 Å². The standard InChI is InChI=1S/C20H26ClN7O/c1-12-18(10-28(27-12)16-7-15(8-16)23-3)25-20-24-9-17(21)19(26-20)29-11-13-4-5-14(6-13)22-2/h9-10,13-16,22H,4-8,11H2,1-2H3,(H,24,25,26)/t13-,14+,15?,16?/m1/s1. The zero-order valence-corrected chi connectivity index (χ0v) is 17.5. The summed E-state index contributed by atoms with van der Waals surface area (Å²) in [5.41, 5.74) is 1.71. The third kappa shape index (κ3) is 4.46. The van der Waals surface area contributed by atoms with E-state index in [-0.39, 0.29) is 6.04 Å². The van der Waals surface area contributed by atoms with Crippen LogP contribution < -0.4 is 15.4 Å². The zero-order chi connectivity index (χ0) is 20.4. The van der Waals surface area contributed by atoms with E-state index in [9.17, 15) is 0 Å². The molecular weight excluding hydrogens is 390 g/mol. The fourth-order valence-electron chi connectivity index (χ4n) is 3.99. The summed E-state index contributed by atoms with van der Waals surface area (Å²) in [6.07, 6.45) is 8.66. The Kier molecular flexibility index (Phi) is 5.88. The minimum atomic E-state index is 0.128. The lowest BCUT2D eigenvalue weighted by Crippen LogP contribution is -2.29. The minimum Gasteiger partial charge on any atom is -0.476 e. The molecule has 2 N–H and O–H groups in total. The number of aryl methyl sites for hydroxylation is 1. The van der Waals surface area contributed by atoms with Gasteiger partial charge in [-0.3, -0.25) is 4.68 Å². The first kappa shape index (κ1) is 19.9. The second kappa shape index (κ2) is 8.56. The number of anilines is 2. The molecule has 2 aromatic heterocycles. The molecule has 2 aliphatic carbocycles. The van der Waals surface area contributed by atoms with Crippen LogP contribution in [0, 0.1) is 19.4 Å². The Morgan fingerprint density at radius 3 is 2.90 bits per heavy atom. The highest BCUT2D eigenvalue weighted by molar-refractivity contribution is 6.31. The molecule has 0 spiro atoms. The summed E-state index contributed by atoms with van der Waals surface area (Å²) in [7, 11) is 2.01. The SMILES string of the molecule is [C-]#[N+]C1CC(n2cc(Nc3ncc(Cl)c(OC[C@@H]4CC[C@H](NC)C4)n3)c(C)n2)C1. The maximum Gasteiger partial charge on any atom is 0.237 e. The summed E-state index contributed by atoms with van der Waals surface area (Å²) in [6.45, 7) is 9.64. The largest absolute Gasteiger partial charge is 0.476 e. The molecule has 2 aliphatic rings. The average molecular weight is 416 g/mol. The normalized spacial score (nSPS) is 26.0. The van der Waals surface area contributed by atoms with Crippen LogP contribution in [-0.4, -0.2) is 45.5 Å². The van der Waals surface area contributed by atoms with Gasteiger partial charge in [0, 0.05) is 25.1 Å². The van der Waals surface area contributed by atoms with Crippen molar-refractivity contribution in [3.8, 4) is 5.88 Å². The maximum absolute atomic E-state index is 7.09. The molecule has 9 heteroatoms. The van der Waals surface area contributed by atoms with Gasteiger partial charge in [-0.1, -0.05) is 11.6 Å². The van der Waals surface area contributed by atoms with E-state index in [1.54, 1.807) is 6.20 Å². The van der Waals surface area contributed by atoms with E-state index in [4.69, 9.17) is 22.9 Å². The van der Waals surface area contributed by atoms with Crippen LogP contribution in [0.1, 0.15) is 43.8 Å². The van der Waals surface area contributed by atoms with Crippen LogP contribution in [0.5, 0.6) is 5.88 Å². The third-order valence-corrected chi connectivity index (χ3v) is 6.18. The highest BCUT2D eigenvalue weighted by Gasteiger charge is 2.36. The van der Waals surface area contributed by atoms with Crippen molar-refractivity contribution in [1.82, 2.24) is 25.1 Å². The Hall–Kier alpha value is -2.37. The molecule has 2 fully saturated rings. The van der Waals surface area contributed by atoms with Gasteiger partial charge in [-0.05, 0) is 39.2 Å². The van der Waals surface area contributed by atoms with E-state index in [1.165, 1.54) is 6.42 Å². The van der Waals surface area contributed by atoms with Gasteiger partial charge < -0.3 is 20.2 Å². The van der Waals surface area contributed by atoms with Gasteiger partial charge in [0.2, 0.25) is 17.9 Å². The highest BCUT2D eigenvalue weighted by atomic mass is 35.5. The van der Waals surface area contributed by atoms with Crippen LogP contribution in [0.3, 0.4) is 0 Å². The smallest absolute Gasteiger partial charge is 0.237 e. The van der Waals surface area contributed by atoms with Gasteiger partial charge in [-0.2, -0.15) is 10.1 Å². The molecule has 2 atom stereocenters. The molecule has 0 amide bonds. The fraction of sp³-hybridized carbons (Fsp3) is 0.600. The maximum atomic E-state index is 7.09. The van der Waals surface area contributed by atoms with E-state index in [2.05, 4.69) is 30.5 Å². The third-order valence-electron chi connectivity index (χ3n) is 5.93. The molecule has 0 bridgehead atoms. The number of rotatable bonds is 7. The highest BCUT2D eigenvalue weighted by Crippen LogP contribution is 2.35. The zero-order valence-electron chi connectivity index (χ0n) is 16.7. The minimum absolute atomic E-state index is 0.128. The van der Waals surface area contributed by atoms with Crippen LogP contribution in [0.15, 0.2) is 12.4 Å².